The third-order valence-corrected chi connectivity index (χ3v) is 1.36. The normalized spacial score (nSPS) is 11.7. The molecule has 0 amide bonds. The van der Waals surface area contributed by atoms with Crippen LogP contribution in [0.1, 0.15) is 33.6 Å². The van der Waals surface area contributed by atoms with E-state index in [4.69, 9.17) is 0 Å². The zero-order valence-electron chi connectivity index (χ0n) is 6.40. The number of hydrogen-bond acceptors (Lipinski definition) is 1. The summed E-state index contributed by atoms with van der Waals surface area (Å²) in [6, 6.07) is 0. The summed E-state index contributed by atoms with van der Waals surface area (Å²) in [5, 5.41) is 0. The predicted molar refractivity (Wildman–Crippen MR) is 39.3 cm³/mol. The molecule has 0 aliphatic carbocycles. The van der Waals surface area contributed by atoms with Crippen LogP contribution < -0.4 is 0 Å². The average Bonchev–Trinajstić information content (AvgIpc) is 1.83. The second kappa shape index (κ2) is 4.30. The van der Waals surface area contributed by atoms with Gasteiger partial charge in [0.2, 0.25) is 0 Å². The van der Waals surface area contributed by atoms with Crippen molar-refractivity contribution in [1.29, 1.82) is 0 Å². The van der Waals surface area contributed by atoms with Crippen molar-refractivity contribution in [3.8, 4) is 0 Å². The smallest absolute Gasteiger partial charge is 0.130 e. The summed E-state index contributed by atoms with van der Waals surface area (Å²) >= 11 is 0. The van der Waals surface area contributed by atoms with Gasteiger partial charge in [-0.3, -0.25) is 0 Å². The van der Waals surface area contributed by atoms with Crippen LogP contribution in [0.3, 0.4) is 0 Å². The number of hydrogen-bond donors (Lipinski definition) is 0. The minimum Gasteiger partial charge on any atom is -0.300 e. The monoisotopic (exact) mass is 126 g/mol. The zero-order valence-corrected chi connectivity index (χ0v) is 6.40. The van der Waals surface area contributed by atoms with Gasteiger partial charge < -0.3 is 4.79 Å². The molecule has 52 valence electrons. The maximum Gasteiger partial charge on any atom is 0.130 e. The third kappa shape index (κ3) is 5.28. The van der Waals surface area contributed by atoms with Crippen molar-refractivity contribution in [3.05, 3.63) is 11.6 Å². The number of rotatable bonds is 3. The Morgan fingerprint density at radius 3 is 2.22 bits per heavy atom. The Labute approximate surface area is 56.8 Å². The van der Waals surface area contributed by atoms with Crippen LogP contribution in [0, 0.1) is 0 Å². The standard InChI is InChI=1S/C8H14O/c1-4-7(2)5-6-8(3)9/h4H,5-6H2,1-3H3/b7-4+. The van der Waals surface area contributed by atoms with Crippen molar-refractivity contribution in [2.24, 2.45) is 0 Å². The molecule has 0 N–H and O–H groups in total. The van der Waals surface area contributed by atoms with Gasteiger partial charge in [0.05, 0.1) is 0 Å². The molecule has 1 nitrogen and oxygen atoms in total. The van der Waals surface area contributed by atoms with E-state index in [-0.39, 0.29) is 5.78 Å². The first-order valence-electron chi connectivity index (χ1n) is 3.28. The molecule has 0 saturated carbocycles. The molecule has 0 saturated heterocycles. The molecule has 0 aromatic carbocycles. The van der Waals surface area contributed by atoms with Gasteiger partial charge in [0, 0.05) is 6.42 Å². The highest BCUT2D eigenvalue weighted by Crippen LogP contribution is 2.02. The van der Waals surface area contributed by atoms with E-state index in [1.165, 1.54) is 5.57 Å². The highest BCUT2D eigenvalue weighted by Gasteiger charge is 1.92. The molecule has 9 heavy (non-hydrogen) atoms. The summed E-state index contributed by atoms with van der Waals surface area (Å²) in [5.74, 6) is 0.274. The lowest BCUT2D eigenvalue weighted by Crippen LogP contribution is -1.89. The van der Waals surface area contributed by atoms with Crippen molar-refractivity contribution >= 4 is 5.78 Å². The molecule has 0 aromatic heterocycles. The summed E-state index contributed by atoms with van der Waals surface area (Å²) in [6.45, 7) is 5.67. The van der Waals surface area contributed by atoms with Crippen LogP contribution in [0.5, 0.6) is 0 Å². The summed E-state index contributed by atoms with van der Waals surface area (Å²) in [6.07, 6.45) is 3.66. The van der Waals surface area contributed by atoms with Crippen molar-refractivity contribution < 1.29 is 4.79 Å². The summed E-state index contributed by atoms with van der Waals surface area (Å²) in [7, 11) is 0. The Kier molecular flexibility index (Phi) is 4.02. The minimum atomic E-state index is 0.274. The highest BCUT2D eigenvalue weighted by molar-refractivity contribution is 5.75. The van der Waals surface area contributed by atoms with Crippen LogP contribution in [0.4, 0.5) is 0 Å². The maximum absolute atomic E-state index is 10.4. The maximum atomic E-state index is 10.4. The van der Waals surface area contributed by atoms with Gasteiger partial charge in [0.1, 0.15) is 5.78 Å². The second-order valence-electron chi connectivity index (χ2n) is 2.34. The highest BCUT2D eigenvalue weighted by atomic mass is 16.1. The fourth-order valence-electron chi connectivity index (χ4n) is 0.518. The average molecular weight is 126 g/mol. The van der Waals surface area contributed by atoms with Gasteiger partial charge in [-0.15, -0.1) is 0 Å². The van der Waals surface area contributed by atoms with Gasteiger partial charge in [-0.1, -0.05) is 11.6 Å². The van der Waals surface area contributed by atoms with E-state index >= 15 is 0 Å². The van der Waals surface area contributed by atoms with Crippen LogP contribution in [0.15, 0.2) is 11.6 Å². The molecule has 0 bridgehead atoms. The third-order valence-electron chi connectivity index (χ3n) is 1.36. The Balaban J connectivity index is 3.39. The van der Waals surface area contributed by atoms with Crippen LogP contribution >= 0.6 is 0 Å². The molecule has 0 aliphatic heterocycles. The van der Waals surface area contributed by atoms with E-state index < -0.39 is 0 Å². The van der Waals surface area contributed by atoms with E-state index in [2.05, 4.69) is 0 Å². The molecule has 0 radical (unpaired) electrons. The second-order valence-corrected chi connectivity index (χ2v) is 2.34. The minimum absolute atomic E-state index is 0.274. The first-order chi connectivity index (χ1) is 4.16. The summed E-state index contributed by atoms with van der Waals surface area (Å²) in [5.41, 5.74) is 1.30. The Morgan fingerprint density at radius 2 is 1.89 bits per heavy atom. The number of allylic oxidation sites excluding steroid dienone is 2. The molecule has 0 rings (SSSR count). The summed E-state index contributed by atoms with van der Waals surface area (Å²) in [4.78, 5) is 10.4. The lowest BCUT2D eigenvalue weighted by Gasteiger charge is -1.94. The fraction of sp³-hybridized carbons (Fsp3) is 0.625. The molecule has 0 aliphatic rings. The van der Waals surface area contributed by atoms with Crippen molar-refractivity contribution in [1.82, 2.24) is 0 Å². The Bertz CT molecular complexity index is 123. The van der Waals surface area contributed by atoms with Gasteiger partial charge in [-0.2, -0.15) is 0 Å². The van der Waals surface area contributed by atoms with Gasteiger partial charge in [0.15, 0.2) is 0 Å². The van der Waals surface area contributed by atoms with Crippen molar-refractivity contribution in [2.75, 3.05) is 0 Å². The van der Waals surface area contributed by atoms with E-state index in [0.717, 1.165) is 6.42 Å². The lowest BCUT2D eigenvalue weighted by atomic mass is 10.1. The van der Waals surface area contributed by atoms with Crippen LogP contribution in [-0.4, -0.2) is 5.78 Å². The van der Waals surface area contributed by atoms with Crippen LogP contribution in [0.2, 0.25) is 0 Å². The van der Waals surface area contributed by atoms with Crippen LogP contribution in [0.25, 0.3) is 0 Å². The topological polar surface area (TPSA) is 17.1 Å². The van der Waals surface area contributed by atoms with Gasteiger partial charge in [0.25, 0.3) is 0 Å². The molecule has 0 fully saturated rings. The van der Waals surface area contributed by atoms with Gasteiger partial charge in [-0.05, 0) is 27.2 Å². The van der Waals surface area contributed by atoms with Gasteiger partial charge in [-0.25, -0.2) is 0 Å². The SMILES string of the molecule is C/C=C(\C)CCC(C)=O. The molecular weight excluding hydrogens is 112 g/mol. The van der Waals surface area contributed by atoms with E-state index in [0.29, 0.717) is 6.42 Å². The molecule has 1 heteroatoms. The first kappa shape index (κ1) is 8.41. The lowest BCUT2D eigenvalue weighted by molar-refractivity contribution is -0.116. The van der Waals surface area contributed by atoms with E-state index in [9.17, 15) is 4.79 Å². The fourth-order valence-corrected chi connectivity index (χ4v) is 0.518. The van der Waals surface area contributed by atoms with Gasteiger partial charge >= 0.3 is 0 Å². The first-order valence-corrected chi connectivity index (χ1v) is 3.28. The molecule has 0 atom stereocenters. The molecule has 0 heterocycles. The Hall–Kier alpha value is -0.590. The van der Waals surface area contributed by atoms with Crippen molar-refractivity contribution in [2.45, 2.75) is 33.6 Å². The molecular formula is C8H14O. The number of carbonyl (C=O) groups is 1. The Morgan fingerprint density at radius 1 is 1.33 bits per heavy atom. The quantitative estimate of drug-likeness (QED) is 0.530. The number of ketones is 1. The molecule has 0 unspecified atom stereocenters. The molecule has 0 spiro atoms. The van der Waals surface area contributed by atoms with E-state index in [1.807, 2.05) is 19.9 Å². The van der Waals surface area contributed by atoms with Crippen molar-refractivity contribution in [3.63, 3.8) is 0 Å². The number of carbonyl (C=O) groups excluding carboxylic acids is 1. The van der Waals surface area contributed by atoms with Crippen LogP contribution in [-0.2, 0) is 4.79 Å². The predicted octanol–water partition coefficient (Wildman–Crippen LogP) is 2.32. The van der Waals surface area contributed by atoms with E-state index in [1.54, 1.807) is 6.92 Å². The number of Topliss-reactive ketones (excluding diaryl/α,β-unsaturated/α-hetero) is 1. The summed E-state index contributed by atoms with van der Waals surface area (Å²) < 4.78 is 0. The molecule has 0 aromatic rings. The largest absolute Gasteiger partial charge is 0.300 e. The zero-order chi connectivity index (χ0) is 7.28.